The quantitative estimate of drug-likeness (QED) is 0.630. The molecule has 3 N–H and O–H groups in total. The molecule has 0 saturated heterocycles. The Kier molecular flexibility index (Phi) is 5.10. The van der Waals surface area contributed by atoms with Crippen molar-refractivity contribution >= 4 is 11.0 Å². The topological polar surface area (TPSA) is 65.6 Å². The molecule has 2 aromatic heterocycles. The predicted molar refractivity (Wildman–Crippen MR) is 112 cm³/mol. The van der Waals surface area contributed by atoms with Gasteiger partial charge in [-0.15, -0.1) is 0 Å². The molecule has 3 aromatic rings. The van der Waals surface area contributed by atoms with Crippen LogP contribution in [0.3, 0.4) is 0 Å². The fourth-order valence-corrected chi connectivity index (χ4v) is 4.85. The van der Waals surface area contributed by atoms with Crippen LogP contribution in [-0.4, -0.2) is 27.0 Å². The molecular weight excluding hydrogens is 346 g/mol. The van der Waals surface area contributed by atoms with Crippen LogP contribution in [0.2, 0.25) is 0 Å². The van der Waals surface area contributed by atoms with Gasteiger partial charge in [0.05, 0.1) is 23.3 Å². The van der Waals surface area contributed by atoms with Gasteiger partial charge < -0.3 is 15.6 Å². The molecule has 2 aliphatic rings. The van der Waals surface area contributed by atoms with Crippen molar-refractivity contribution in [1.82, 2.24) is 25.6 Å². The SMILES string of the molecule is c1cnc2c(c1)CCCC2NC1CCC(NCc2nc3ccccc3[nH]2)CC1. The second-order valence-corrected chi connectivity index (χ2v) is 8.29. The number of aromatic amines is 1. The van der Waals surface area contributed by atoms with E-state index in [0.29, 0.717) is 18.1 Å². The molecule has 1 saturated carbocycles. The van der Waals surface area contributed by atoms with E-state index in [1.165, 1.54) is 56.2 Å². The van der Waals surface area contributed by atoms with Gasteiger partial charge in [0.1, 0.15) is 5.82 Å². The number of fused-ring (bicyclic) bond motifs is 2. The summed E-state index contributed by atoms with van der Waals surface area (Å²) < 4.78 is 0. The van der Waals surface area contributed by atoms with Gasteiger partial charge in [0.2, 0.25) is 0 Å². The summed E-state index contributed by atoms with van der Waals surface area (Å²) in [4.78, 5) is 12.8. The van der Waals surface area contributed by atoms with Gasteiger partial charge >= 0.3 is 0 Å². The van der Waals surface area contributed by atoms with E-state index in [9.17, 15) is 0 Å². The third kappa shape index (κ3) is 3.82. The molecule has 146 valence electrons. The van der Waals surface area contributed by atoms with Gasteiger partial charge in [-0.2, -0.15) is 0 Å². The molecule has 2 heterocycles. The lowest BCUT2D eigenvalue weighted by atomic mass is 9.87. The Morgan fingerprint density at radius 1 is 0.964 bits per heavy atom. The average molecular weight is 376 g/mol. The summed E-state index contributed by atoms with van der Waals surface area (Å²) in [5, 5.41) is 7.62. The van der Waals surface area contributed by atoms with Crippen molar-refractivity contribution < 1.29 is 0 Å². The first kappa shape index (κ1) is 17.8. The van der Waals surface area contributed by atoms with E-state index in [4.69, 9.17) is 0 Å². The lowest BCUT2D eigenvalue weighted by Crippen LogP contribution is -2.42. The molecule has 0 amide bonds. The summed E-state index contributed by atoms with van der Waals surface area (Å²) in [5.41, 5.74) is 4.90. The number of hydrogen-bond acceptors (Lipinski definition) is 4. The monoisotopic (exact) mass is 375 g/mol. The van der Waals surface area contributed by atoms with Crippen molar-refractivity contribution in [2.75, 3.05) is 0 Å². The summed E-state index contributed by atoms with van der Waals surface area (Å²) in [5.74, 6) is 1.03. The van der Waals surface area contributed by atoms with Crippen LogP contribution in [0.1, 0.15) is 61.6 Å². The second kappa shape index (κ2) is 8.02. The number of benzene rings is 1. The summed E-state index contributed by atoms with van der Waals surface area (Å²) >= 11 is 0. The van der Waals surface area contributed by atoms with Crippen LogP contribution >= 0.6 is 0 Å². The number of aryl methyl sites for hydroxylation is 1. The molecule has 0 spiro atoms. The molecular formula is C23H29N5. The minimum Gasteiger partial charge on any atom is -0.341 e. The molecule has 5 nitrogen and oxygen atoms in total. The zero-order chi connectivity index (χ0) is 18.8. The smallest absolute Gasteiger partial charge is 0.121 e. The van der Waals surface area contributed by atoms with Crippen molar-refractivity contribution in [3.63, 3.8) is 0 Å². The van der Waals surface area contributed by atoms with Gasteiger partial charge in [0.25, 0.3) is 0 Å². The highest BCUT2D eigenvalue weighted by Crippen LogP contribution is 2.30. The molecule has 1 aromatic carbocycles. The van der Waals surface area contributed by atoms with Crippen LogP contribution in [0.5, 0.6) is 0 Å². The number of nitrogens with zero attached hydrogens (tertiary/aromatic N) is 2. The minimum absolute atomic E-state index is 0.440. The number of aromatic nitrogens is 3. The van der Waals surface area contributed by atoms with Crippen LogP contribution < -0.4 is 10.6 Å². The van der Waals surface area contributed by atoms with Crippen molar-refractivity contribution in [1.29, 1.82) is 0 Å². The third-order valence-corrected chi connectivity index (χ3v) is 6.36. The molecule has 1 fully saturated rings. The molecule has 1 unspecified atom stereocenters. The van der Waals surface area contributed by atoms with Gasteiger partial charge in [0, 0.05) is 24.3 Å². The predicted octanol–water partition coefficient (Wildman–Crippen LogP) is 4.03. The van der Waals surface area contributed by atoms with Gasteiger partial charge in [-0.05, 0) is 68.7 Å². The number of para-hydroxylation sites is 2. The number of rotatable bonds is 5. The maximum Gasteiger partial charge on any atom is 0.121 e. The maximum absolute atomic E-state index is 4.68. The van der Waals surface area contributed by atoms with Crippen molar-refractivity contribution in [2.24, 2.45) is 0 Å². The molecule has 1 atom stereocenters. The van der Waals surface area contributed by atoms with Crippen LogP contribution in [0, 0.1) is 0 Å². The Hall–Kier alpha value is -2.24. The standard InChI is InChI=1S/C23H29N5/c1-2-8-20-19(7-1)27-22(28-20)15-25-17-10-12-18(13-11-17)26-21-9-3-5-16-6-4-14-24-23(16)21/h1-2,4,6-8,14,17-18,21,25-26H,3,5,9-13,15H2,(H,27,28). The van der Waals surface area contributed by atoms with Crippen molar-refractivity contribution in [2.45, 2.75) is 69.6 Å². The van der Waals surface area contributed by atoms with Crippen molar-refractivity contribution in [3.8, 4) is 0 Å². The van der Waals surface area contributed by atoms with E-state index in [-0.39, 0.29) is 0 Å². The van der Waals surface area contributed by atoms with E-state index >= 15 is 0 Å². The molecule has 2 aliphatic carbocycles. The van der Waals surface area contributed by atoms with Crippen LogP contribution in [0.15, 0.2) is 42.6 Å². The van der Waals surface area contributed by atoms with Crippen LogP contribution in [0.25, 0.3) is 11.0 Å². The van der Waals surface area contributed by atoms with Gasteiger partial charge in [-0.1, -0.05) is 18.2 Å². The Labute approximate surface area is 166 Å². The summed E-state index contributed by atoms with van der Waals surface area (Å²) in [6.07, 6.45) is 10.5. The fourth-order valence-electron chi connectivity index (χ4n) is 4.85. The third-order valence-electron chi connectivity index (χ3n) is 6.36. The van der Waals surface area contributed by atoms with Crippen LogP contribution in [-0.2, 0) is 13.0 Å². The number of H-pyrrole nitrogens is 1. The zero-order valence-corrected chi connectivity index (χ0v) is 16.3. The first-order chi connectivity index (χ1) is 13.8. The van der Waals surface area contributed by atoms with Crippen LogP contribution in [0.4, 0.5) is 0 Å². The lowest BCUT2D eigenvalue weighted by molar-refractivity contribution is 0.276. The highest BCUT2D eigenvalue weighted by molar-refractivity contribution is 5.74. The Morgan fingerprint density at radius 2 is 1.82 bits per heavy atom. The summed E-state index contributed by atoms with van der Waals surface area (Å²) in [6.45, 7) is 0.817. The second-order valence-electron chi connectivity index (χ2n) is 8.29. The Bertz CT molecular complexity index is 892. The number of nitrogens with one attached hydrogen (secondary N) is 3. The largest absolute Gasteiger partial charge is 0.341 e. The average Bonchev–Trinajstić information content (AvgIpc) is 3.17. The van der Waals surface area contributed by atoms with Gasteiger partial charge in [-0.25, -0.2) is 4.98 Å². The Balaban J connectivity index is 1.12. The highest BCUT2D eigenvalue weighted by Gasteiger charge is 2.27. The summed E-state index contributed by atoms with van der Waals surface area (Å²) in [6, 6.07) is 14.2. The zero-order valence-electron chi connectivity index (χ0n) is 16.3. The molecule has 0 aliphatic heterocycles. The van der Waals surface area contributed by atoms with Gasteiger partial charge in [-0.3, -0.25) is 4.98 Å². The molecule has 5 rings (SSSR count). The first-order valence-corrected chi connectivity index (χ1v) is 10.7. The van der Waals surface area contributed by atoms with Crippen molar-refractivity contribution in [3.05, 3.63) is 59.7 Å². The molecule has 5 heteroatoms. The molecule has 28 heavy (non-hydrogen) atoms. The molecule has 0 bridgehead atoms. The number of imidazole rings is 1. The normalized spacial score (nSPS) is 24.9. The van der Waals surface area contributed by atoms with E-state index in [1.807, 2.05) is 18.3 Å². The Morgan fingerprint density at radius 3 is 2.71 bits per heavy atom. The molecule has 0 radical (unpaired) electrons. The van der Waals surface area contributed by atoms with E-state index in [2.05, 4.69) is 49.9 Å². The number of pyridine rings is 1. The minimum atomic E-state index is 0.440. The van der Waals surface area contributed by atoms with E-state index in [0.717, 1.165) is 23.4 Å². The first-order valence-electron chi connectivity index (χ1n) is 10.7. The van der Waals surface area contributed by atoms with E-state index < -0.39 is 0 Å². The number of hydrogen-bond donors (Lipinski definition) is 3. The fraction of sp³-hybridized carbons (Fsp3) is 0.478. The van der Waals surface area contributed by atoms with Gasteiger partial charge in [0.15, 0.2) is 0 Å². The lowest BCUT2D eigenvalue weighted by Gasteiger charge is -2.34. The maximum atomic E-state index is 4.68. The highest BCUT2D eigenvalue weighted by atomic mass is 15.0. The summed E-state index contributed by atoms with van der Waals surface area (Å²) in [7, 11) is 0. The van der Waals surface area contributed by atoms with E-state index in [1.54, 1.807) is 0 Å².